The minimum absolute atomic E-state index is 1.19. The van der Waals surface area contributed by atoms with E-state index in [1.165, 1.54) is 50.5 Å². The SMILES string of the molecule is c1ccc(CC[C]2CCc3ccc4c(c32)CCC4)cc1. The third-order valence-electron chi connectivity index (χ3n) is 4.98. The van der Waals surface area contributed by atoms with E-state index in [1.807, 2.05) is 0 Å². The van der Waals surface area contributed by atoms with E-state index in [1.54, 1.807) is 28.2 Å². The van der Waals surface area contributed by atoms with E-state index >= 15 is 0 Å². The van der Waals surface area contributed by atoms with Crippen molar-refractivity contribution in [3.05, 3.63) is 76.2 Å². The summed E-state index contributed by atoms with van der Waals surface area (Å²) < 4.78 is 0. The van der Waals surface area contributed by atoms with Gasteiger partial charge in [0.2, 0.25) is 0 Å². The van der Waals surface area contributed by atoms with Crippen LogP contribution < -0.4 is 0 Å². The summed E-state index contributed by atoms with van der Waals surface area (Å²) in [7, 11) is 0. The van der Waals surface area contributed by atoms with E-state index < -0.39 is 0 Å². The van der Waals surface area contributed by atoms with Crippen LogP contribution >= 0.6 is 0 Å². The van der Waals surface area contributed by atoms with Gasteiger partial charge in [0.1, 0.15) is 0 Å². The molecule has 4 rings (SSSR count). The second kappa shape index (κ2) is 5.09. The van der Waals surface area contributed by atoms with E-state index in [9.17, 15) is 0 Å². The molecule has 0 saturated carbocycles. The predicted octanol–water partition coefficient (Wildman–Crippen LogP) is 4.68. The zero-order valence-corrected chi connectivity index (χ0v) is 12.0. The third kappa shape index (κ3) is 2.08. The number of hydrogen-bond acceptors (Lipinski definition) is 0. The molecule has 1 radical (unpaired) electrons. The van der Waals surface area contributed by atoms with Crippen LogP contribution in [0.15, 0.2) is 42.5 Å². The zero-order chi connectivity index (χ0) is 13.4. The summed E-state index contributed by atoms with van der Waals surface area (Å²) >= 11 is 0. The lowest BCUT2D eigenvalue weighted by Crippen LogP contribution is -2.02. The molecule has 0 aromatic heterocycles. The first-order valence-electron chi connectivity index (χ1n) is 7.94. The molecule has 2 aliphatic carbocycles. The molecule has 0 heterocycles. The number of fused-ring (bicyclic) bond motifs is 3. The van der Waals surface area contributed by atoms with E-state index in [0.717, 1.165) is 0 Å². The van der Waals surface area contributed by atoms with Gasteiger partial charge in [0.25, 0.3) is 0 Å². The lowest BCUT2D eigenvalue weighted by Gasteiger charge is -2.15. The molecule has 101 valence electrons. The fraction of sp³-hybridized carbons (Fsp3) is 0.350. The Labute approximate surface area is 121 Å². The van der Waals surface area contributed by atoms with Gasteiger partial charge in [-0.2, -0.15) is 0 Å². The van der Waals surface area contributed by atoms with Gasteiger partial charge in [-0.25, -0.2) is 0 Å². The summed E-state index contributed by atoms with van der Waals surface area (Å²) in [6.45, 7) is 0. The normalized spacial score (nSPS) is 17.2. The highest BCUT2D eigenvalue weighted by molar-refractivity contribution is 5.54. The third-order valence-corrected chi connectivity index (χ3v) is 4.98. The van der Waals surface area contributed by atoms with Crippen molar-refractivity contribution in [1.29, 1.82) is 0 Å². The first-order valence-corrected chi connectivity index (χ1v) is 7.94. The van der Waals surface area contributed by atoms with Gasteiger partial charge < -0.3 is 0 Å². The molecule has 0 aliphatic heterocycles. The van der Waals surface area contributed by atoms with Crippen LogP contribution in [-0.4, -0.2) is 0 Å². The number of benzene rings is 2. The molecular weight excluding hydrogens is 240 g/mol. The van der Waals surface area contributed by atoms with Gasteiger partial charge >= 0.3 is 0 Å². The topological polar surface area (TPSA) is 0 Å². The van der Waals surface area contributed by atoms with E-state index in [4.69, 9.17) is 0 Å². The maximum absolute atomic E-state index is 2.40. The standard InChI is InChI=1S/C20H21/c1-2-5-15(6-3-1)9-10-17-13-14-18-12-11-16-7-4-8-19(16)20(17)18/h1-3,5-6,11-12H,4,7-10,13-14H2. The average Bonchev–Trinajstić information content (AvgIpc) is 3.12. The summed E-state index contributed by atoms with van der Waals surface area (Å²) in [5.74, 6) is 1.72. The Morgan fingerprint density at radius 3 is 2.45 bits per heavy atom. The van der Waals surface area contributed by atoms with Crippen molar-refractivity contribution in [3.8, 4) is 0 Å². The molecule has 0 fully saturated rings. The second-order valence-electron chi connectivity index (χ2n) is 6.18. The molecular formula is C20H21. The molecule has 0 atom stereocenters. The first-order chi connectivity index (χ1) is 9.92. The van der Waals surface area contributed by atoms with Crippen LogP contribution in [0.4, 0.5) is 0 Å². The van der Waals surface area contributed by atoms with Crippen LogP contribution in [0.1, 0.15) is 47.1 Å². The summed E-state index contributed by atoms with van der Waals surface area (Å²) in [4.78, 5) is 0. The van der Waals surface area contributed by atoms with Crippen molar-refractivity contribution in [1.82, 2.24) is 0 Å². The molecule has 2 aromatic rings. The molecule has 2 aromatic carbocycles. The lowest BCUT2D eigenvalue weighted by atomic mass is 9.89. The molecule has 0 amide bonds. The Morgan fingerprint density at radius 1 is 0.700 bits per heavy atom. The van der Waals surface area contributed by atoms with Crippen LogP contribution in [-0.2, 0) is 25.7 Å². The Balaban J connectivity index is 1.57. The Bertz CT molecular complexity index is 609. The van der Waals surface area contributed by atoms with Gasteiger partial charge in [-0.3, -0.25) is 0 Å². The quantitative estimate of drug-likeness (QED) is 0.752. The maximum atomic E-state index is 2.40. The fourth-order valence-corrected chi connectivity index (χ4v) is 3.96. The summed E-state index contributed by atoms with van der Waals surface area (Å²) in [5.41, 5.74) is 8.09. The van der Waals surface area contributed by atoms with Crippen molar-refractivity contribution in [2.45, 2.75) is 44.9 Å². The minimum atomic E-state index is 1.19. The highest BCUT2D eigenvalue weighted by Crippen LogP contribution is 2.41. The molecule has 0 N–H and O–H groups in total. The molecule has 0 unspecified atom stereocenters. The maximum Gasteiger partial charge on any atom is 0.00621 e. The van der Waals surface area contributed by atoms with Crippen molar-refractivity contribution in [3.63, 3.8) is 0 Å². The molecule has 0 heteroatoms. The number of hydrogen-bond donors (Lipinski definition) is 0. The molecule has 0 bridgehead atoms. The van der Waals surface area contributed by atoms with E-state index in [0.29, 0.717) is 0 Å². The largest absolute Gasteiger partial charge is 0.0622 e. The summed E-state index contributed by atoms with van der Waals surface area (Å²) in [5, 5.41) is 0. The van der Waals surface area contributed by atoms with E-state index in [2.05, 4.69) is 42.5 Å². The van der Waals surface area contributed by atoms with Gasteiger partial charge in [-0.1, -0.05) is 42.5 Å². The number of rotatable bonds is 3. The van der Waals surface area contributed by atoms with Gasteiger partial charge in [0.05, 0.1) is 0 Å². The van der Waals surface area contributed by atoms with Crippen molar-refractivity contribution in [2.75, 3.05) is 0 Å². The molecule has 0 spiro atoms. The smallest absolute Gasteiger partial charge is 0.00621 e. The Hall–Kier alpha value is -1.56. The molecule has 20 heavy (non-hydrogen) atoms. The molecule has 2 aliphatic rings. The summed E-state index contributed by atoms with van der Waals surface area (Å²) in [6.07, 6.45) is 8.97. The van der Waals surface area contributed by atoms with E-state index in [-0.39, 0.29) is 0 Å². The van der Waals surface area contributed by atoms with Gasteiger partial charge in [-0.05, 0) is 72.8 Å². The zero-order valence-electron chi connectivity index (χ0n) is 12.0. The monoisotopic (exact) mass is 261 g/mol. The van der Waals surface area contributed by atoms with Gasteiger partial charge in [0.15, 0.2) is 0 Å². The van der Waals surface area contributed by atoms with Gasteiger partial charge in [-0.15, -0.1) is 0 Å². The van der Waals surface area contributed by atoms with Crippen molar-refractivity contribution >= 4 is 0 Å². The van der Waals surface area contributed by atoms with Crippen molar-refractivity contribution in [2.24, 2.45) is 0 Å². The fourth-order valence-electron chi connectivity index (χ4n) is 3.96. The summed E-state index contributed by atoms with van der Waals surface area (Å²) in [6, 6.07) is 15.7. The van der Waals surface area contributed by atoms with Crippen LogP contribution in [0.25, 0.3) is 0 Å². The predicted molar refractivity (Wildman–Crippen MR) is 83.9 cm³/mol. The minimum Gasteiger partial charge on any atom is -0.0622 e. The van der Waals surface area contributed by atoms with Gasteiger partial charge in [0, 0.05) is 5.92 Å². The lowest BCUT2D eigenvalue weighted by molar-refractivity contribution is 0.788. The Morgan fingerprint density at radius 2 is 1.55 bits per heavy atom. The highest BCUT2D eigenvalue weighted by atomic mass is 14.3. The number of aryl methyl sites for hydroxylation is 3. The average molecular weight is 261 g/mol. The molecule has 0 saturated heterocycles. The van der Waals surface area contributed by atoms with Crippen molar-refractivity contribution < 1.29 is 0 Å². The Kier molecular flexibility index (Phi) is 3.10. The van der Waals surface area contributed by atoms with Crippen LogP contribution in [0.5, 0.6) is 0 Å². The molecule has 0 nitrogen and oxygen atoms in total. The first kappa shape index (κ1) is 12.2. The highest BCUT2D eigenvalue weighted by Gasteiger charge is 2.28. The van der Waals surface area contributed by atoms with Crippen LogP contribution in [0.2, 0.25) is 0 Å². The van der Waals surface area contributed by atoms with Crippen LogP contribution in [0, 0.1) is 5.92 Å². The van der Waals surface area contributed by atoms with Crippen LogP contribution in [0.3, 0.4) is 0 Å². The second-order valence-corrected chi connectivity index (χ2v) is 6.18.